The molecule has 1 saturated heterocycles. The Morgan fingerprint density at radius 2 is 1.52 bits per heavy atom. The Hall–Kier alpha value is -2.85. The van der Waals surface area contributed by atoms with Crippen LogP contribution in [0.2, 0.25) is 0 Å². The maximum atomic E-state index is 13.5. The van der Waals surface area contributed by atoms with Gasteiger partial charge in [-0.15, -0.1) is 0 Å². The number of aryl methyl sites for hydroxylation is 3. The highest BCUT2D eigenvalue weighted by molar-refractivity contribution is 6.09. The van der Waals surface area contributed by atoms with Crippen LogP contribution < -0.4 is 0 Å². The molecule has 2 aliphatic rings. The van der Waals surface area contributed by atoms with E-state index in [4.69, 9.17) is 4.99 Å². The standard InChI is InChI=1S/C40H56N2O2.2C2H6/c1-7-33-26-35(39(44)25-32-15-12-21-42(6)22-20-32)19-18-34(33)16-11-17-38(43)36-27-37(29(3)23-28(36)2)40(41-5)30(4)24-31-13-9-8-10-14-31;2*1-2/h11,17-19,23,26-27,30-32H,7-10,12-16,20-22,24-25H2,1-6H3;2*1-2H3/b17-11-,41-40?;;. The third kappa shape index (κ3) is 12.2. The average molecular weight is 657 g/mol. The molecule has 1 aliphatic heterocycles. The SMILES string of the molecule is CC.CC.CCc1cc(C(=O)CC2CCCN(C)CC2)ccc1C/C=C\C(=O)c1cc(C(=NC)C(C)CC2CCCCC2)c(C)cc1C. The van der Waals surface area contributed by atoms with Crippen LogP contribution in [0, 0.1) is 31.6 Å². The maximum absolute atomic E-state index is 13.5. The fourth-order valence-corrected chi connectivity index (χ4v) is 7.64. The molecule has 4 nitrogen and oxygen atoms in total. The van der Waals surface area contributed by atoms with Gasteiger partial charge in [0.15, 0.2) is 11.6 Å². The lowest BCUT2D eigenvalue weighted by molar-refractivity contribution is 0.0956. The van der Waals surface area contributed by atoms with Crippen LogP contribution >= 0.6 is 0 Å². The summed E-state index contributed by atoms with van der Waals surface area (Å²) in [5.41, 5.74) is 8.40. The highest BCUT2D eigenvalue weighted by atomic mass is 16.1. The van der Waals surface area contributed by atoms with Gasteiger partial charge in [0.25, 0.3) is 0 Å². The Morgan fingerprint density at radius 3 is 2.19 bits per heavy atom. The number of hydrogen-bond donors (Lipinski definition) is 0. The van der Waals surface area contributed by atoms with Crippen LogP contribution in [-0.2, 0) is 12.8 Å². The van der Waals surface area contributed by atoms with Crippen molar-refractivity contribution in [2.75, 3.05) is 27.2 Å². The predicted molar refractivity (Wildman–Crippen MR) is 208 cm³/mol. The van der Waals surface area contributed by atoms with E-state index in [0.29, 0.717) is 24.7 Å². The van der Waals surface area contributed by atoms with Crippen LogP contribution in [0.15, 0.2) is 47.5 Å². The van der Waals surface area contributed by atoms with E-state index in [0.717, 1.165) is 66.2 Å². The summed E-state index contributed by atoms with van der Waals surface area (Å²) in [4.78, 5) is 33.8. The second-order valence-corrected chi connectivity index (χ2v) is 13.8. The largest absolute Gasteiger partial charge is 0.306 e. The highest BCUT2D eigenvalue weighted by Gasteiger charge is 2.23. The average Bonchev–Trinajstić information content (AvgIpc) is 3.31. The number of carbonyl (C=O) groups is 2. The Labute approximate surface area is 294 Å². The van der Waals surface area contributed by atoms with Crippen molar-refractivity contribution in [2.24, 2.45) is 22.7 Å². The number of carbonyl (C=O) groups excluding carboxylic acids is 2. The Morgan fingerprint density at radius 1 is 0.854 bits per heavy atom. The smallest absolute Gasteiger partial charge is 0.185 e. The molecule has 0 aromatic heterocycles. The van der Waals surface area contributed by atoms with Gasteiger partial charge in [-0.1, -0.05) is 97.9 Å². The van der Waals surface area contributed by atoms with Gasteiger partial charge < -0.3 is 4.90 Å². The summed E-state index contributed by atoms with van der Waals surface area (Å²) in [6, 6.07) is 10.4. The van der Waals surface area contributed by atoms with Crippen molar-refractivity contribution in [3.05, 3.63) is 81.4 Å². The van der Waals surface area contributed by atoms with Crippen molar-refractivity contribution in [1.29, 1.82) is 0 Å². The third-order valence-electron chi connectivity index (χ3n) is 10.3. The van der Waals surface area contributed by atoms with Crippen molar-refractivity contribution in [1.82, 2.24) is 4.90 Å². The molecule has 2 unspecified atom stereocenters. The summed E-state index contributed by atoms with van der Waals surface area (Å²) < 4.78 is 0. The van der Waals surface area contributed by atoms with E-state index in [2.05, 4.69) is 57.0 Å². The molecule has 0 bridgehead atoms. The third-order valence-corrected chi connectivity index (χ3v) is 10.3. The number of hydrogen-bond acceptors (Lipinski definition) is 4. The van der Waals surface area contributed by atoms with E-state index in [1.165, 1.54) is 61.6 Å². The molecule has 2 aromatic carbocycles. The molecule has 1 heterocycles. The monoisotopic (exact) mass is 657 g/mol. The van der Waals surface area contributed by atoms with Gasteiger partial charge in [0.1, 0.15) is 0 Å². The molecule has 2 aromatic rings. The van der Waals surface area contributed by atoms with Crippen molar-refractivity contribution >= 4 is 17.3 Å². The summed E-state index contributed by atoms with van der Waals surface area (Å²) in [6.45, 7) is 18.8. The minimum absolute atomic E-state index is 0.0398. The number of ketones is 2. The molecule has 4 rings (SSSR count). The van der Waals surface area contributed by atoms with Crippen molar-refractivity contribution in [3.8, 4) is 0 Å². The van der Waals surface area contributed by atoms with Gasteiger partial charge in [-0.3, -0.25) is 14.6 Å². The fraction of sp³-hybridized carbons (Fsp3) is 0.614. The number of likely N-dealkylation sites (tertiary alicyclic amines) is 1. The first-order valence-corrected chi connectivity index (χ1v) is 19.3. The second kappa shape index (κ2) is 22.0. The molecule has 2 atom stereocenters. The van der Waals surface area contributed by atoms with Crippen LogP contribution in [0.25, 0.3) is 0 Å². The predicted octanol–water partition coefficient (Wildman–Crippen LogP) is 11.2. The van der Waals surface area contributed by atoms with Crippen molar-refractivity contribution < 1.29 is 9.59 Å². The molecule has 0 amide bonds. The lowest BCUT2D eigenvalue weighted by atomic mass is 9.80. The molecule has 0 N–H and O–H groups in total. The zero-order valence-electron chi connectivity index (χ0n) is 32.4. The molecule has 2 fully saturated rings. The van der Waals surface area contributed by atoms with E-state index < -0.39 is 0 Å². The quantitative estimate of drug-likeness (QED) is 0.130. The van der Waals surface area contributed by atoms with Crippen LogP contribution in [0.1, 0.15) is 154 Å². The van der Waals surface area contributed by atoms with E-state index in [9.17, 15) is 9.59 Å². The summed E-state index contributed by atoms with van der Waals surface area (Å²) >= 11 is 0. The number of nitrogens with zero attached hydrogens (tertiary/aromatic N) is 2. The number of benzene rings is 2. The summed E-state index contributed by atoms with van der Waals surface area (Å²) in [5, 5.41) is 0. The van der Waals surface area contributed by atoms with Crippen LogP contribution in [0.4, 0.5) is 0 Å². The van der Waals surface area contributed by atoms with Crippen molar-refractivity contribution in [2.45, 2.75) is 132 Å². The zero-order chi connectivity index (χ0) is 35.6. The number of aliphatic imine (C=N–C) groups is 1. The van der Waals surface area contributed by atoms with Crippen LogP contribution in [0.5, 0.6) is 0 Å². The minimum Gasteiger partial charge on any atom is -0.306 e. The van der Waals surface area contributed by atoms with Crippen LogP contribution in [-0.4, -0.2) is 49.4 Å². The normalized spacial score (nSPS) is 18.3. The van der Waals surface area contributed by atoms with E-state index in [1.54, 1.807) is 6.08 Å². The molecule has 1 aliphatic carbocycles. The molecular formula is C44H68N2O2. The number of rotatable bonds is 12. The molecule has 1 saturated carbocycles. The van der Waals surface area contributed by atoms with Crippen LogP contribution in [0.3, 0.4) is 0 Å². The first-order valence-electron chi connectivity index (χ1n) is 19.3. The van der Waals surface area contributed by atoms with E-state index in [1.807, 2.05) is 53.8 Å². The first-order chi connectivity index (χ1) is 23.2. The second-order valence-electron chi connectivity index (χ2n) is 13.8. The minimum atomic E-state index is 0.0398. The van der Waals surface area contributed by atoms with Gasteiger partial charge in [0.2, 0.25) is 0 Å². The van der Waals surface area contributed by atoms with Gasteiger partial charge in [-0.05, 0) is 136 Å². The van der Waals surface area contributed by atoms with Gasteiger partial charge >= 0.3 is 0 Å². The molecule has 0 radical (unpaired) electrons. The molecular weight excluding hydrogens is 588 g/mol. The molecule has 0 spiro atoms. The highest BCUT2D eigenvalue weighted by Crippen LogP contribution is 2.31. The summed E-state index contributed by atoms with van der Waals surface area (Å²) in [5.74, 6) is 1.95. The number of allylic oxidation sites excluding steroid dienone is 2. The molecule has 4 heteroatoms. The van der Waals surface area contributed by atoms with E-state index >= 15 is 0 Å². The van der Waals surface area contributed by atoms with Crippen molar-refractivity contribution in [3.63, 3.8) is 0 Å². The lowest BCUT2D eigenvalue weighted by Crippen LogP contribution is -2.20. The molecule has 48 heavy (non-hydrogen) atoms. The van der Waals surface area contributed by atoms with E-state index in [-0.39, 0.29) is 11.6 Å². The first kappa shape index (κ1) is 41.3. The zero-order valence-corrected chi connectivity index (χ0v) is 32.4. The topological polar surface area (TPSA) is 49.7 Å². The molecule has 266 valence electrons. The maximum Gasteiger partial charge on any atom is 0.185 e. The lowest BCUT2D eigenvalue weighted by Gasteiger charge is -2.26. The van der Waals surface area contributed by atoms with Gasteiger partial charge in [-0.2, -0.15) is 0 Å². The number of Topliss-reactive ketones (excluding diaryl/α,β-unsaturated/α-hetero) is 1. The Bertz CT molecular complexity index is 1350. The fourth-order valence-electron chi connectivity index (χ4n) is 7.64. The Kier molecular flexibility index (Phi) is 18.9. The summed E-state index contributed by atoms with van der Waals surface area (Å²) in [6.07, 6.45) is 17.2. The summed E-state index contributed by atoms with van der Waals surface area (Å²) in [7, 11) is 4.07. The van der Waals surface area contributed by atoms with Gasteiger partial charge in [0.05, 0.1) is 0 Å². The van der Waals surface area contributed by atoms with Gasteiger partial charge in [0, 0.05) is 30.3 Å². The Balaban J connectivity index is 0.00000193. The van der Waals surface area contributed by atoms with Gasteiger partial charge in [-0.25, -0.2) is 0 Å².